The van der Waals surface area contributed by atoms with Crippen molar-refractivity contribution in [1.82, 2.24) is 24.6 Å². The number of carbonyl (C=O) groups excluding carboxylic acids is 2. The number of fused-ring (bicyclic) bond motifs is 1. The maximum absolute atomic E-state index is 12.4. The van der Waals surface area contributed by atoms with Crippen molar-refractivity contribution in [3.63, 3.8) is 0 Å². The molecule has 0 N–H and O–H groups in total. The number of aryl methyl sites for hydroxylation is 1. The van der Waals surface area contributed by atoms with E-state index in [0.29, 0.717) is 38.3 Å². The number of hydrogen-bond donors (Lipinski definition) is 0. The summed E-state index contributed by atoms with van der Waals surface area (Å²) in [5, 5.41) is 3.97. The van der Waals surface area contributed by atoms with Gasteiger partial charge in [-0.1, -0.05) is 6.07 Å². The highest BCUT2D eigenvalue weighted by Gasteiger charge is 2.27. The second-order valence-corrected chi connectivity index (χ2v) is 6.23. The highest BCUT2D eigenvalue weighted by Crippen LogP contribution is 2.32. The monoisotopic (exact) mass is 357 g/mol. The zero-order chi connectivity index (χ0) is 17.9. The maximum Gasteiger partial charge on any atom is 0.242 e. The average Bonchev–Trinajstić information content (AvgIpc) is 3.32. The smallest absolute Gasteiger partial charge is 0.242 e. The van der Waals surface area contributed by atoms with E-state index in [-0.39, 0.29) is 25.2 Å². The fourth-order valence-electron chi connectivity index (χ4n) is 3.06. The number of benzene rings is 1. The Morgan fingerprint density at radius 3 is 2.88 bits per heavy atom. The van der Waals surface area contributed by atoms with Gasteiger partial charge in [0.05, 0.1) is 13.1 Å². The normalized spacial score (nSPS) is 16.2. The van der Waals surface area contributed by atoms with Gasteiger partial charge in [-0.05, 0) is 17.7 Å². The third-order valence-electron chi connectivity index (χ3n) is 4.50. The molecule has 0 radical (unpaired) electrons. The lowest BCUT2D eigenvalue weighted by molar-refractivity contribution is -0.145. The van der Waals surface area contributed by atoms with Gasteiger partial charge in [0.1, 0.15) is 12.7 Å². The molecule has 9 nitrogen and oxygen atoms in total. The van der Waals surface area contributed by atoms with E-state index in [0.717, 1.165) is 11.3 Å². The third kappa shape index (κ3) is 3.46. The average molecular weight is 357 g/mol. The fraction of sp³-hybridized carbons (Fsp3) is 0.412. The summed E-state index contributed by atoms with van der Waals surface area (Å²) in [6.45, 7) is 2.35. The zero-order valence-corrected chi connectivity index (χ0v) is 14.2. The molecule has 136 valence electrons. The molecule has 2 amide bonds. The van der Waals surface area contributed by atoms with E-state index in [1.165, 1.54) is 6.33 Å². The molecule has 1 saturated heterocycles. The molecule has 2 aromatic rings. The van der Waals surface area contributed by atoms with Crippen LogP contribution in [-0.2, 0) is 22.7 Å². The first kappa shape index (κ1) is 16.4. The summed E-state index contributed by atoms with van der Waals surface area (Å²) in [5.74, 6) is 1.33. The molecule has 3 heterocycles. The molecule has 9 heteroatoms. The van der Waals surface area contributed by atoms with E-state index in [9.17, 15) is 9.59 Å². The predicted molar refractivity (Wildman–Crippen MR) is 89.2 cm³/mol. The summed E-state index contributed by atoms with van der Waals surface area (Å²) in [6, 6.07) is 5.67. The fourth-order valence-corrected chi connectivity index (χ4v) is 3.06. The summed E-state index contributed by atoms with van der Waals surface area (Å²) >= 11 is 0. The first-order valence-corrected chi connectivity index (χ1v) is 8.45. The van der Waals surface area contributed by atoms with Gasteiger partial charge < -0.3 is 19.3 Å². The Kier molecular flexibility index (Phi) is 4.42. The Hall–Kier alpha value is -3.10. The van der Waals surface area contributed by atoms with Crippen molar-refractivity contribution < 1.29 is 19.1 Å². The molecule has 2 aliphatic rings. The van der Waals surface area contributed by atoms with Crippen molar-refractivity contribution in [2.24, 2.45) is 0 Å². The van der Waals surface area contributed by atoms with Crippen LogP contribution in [0.4, 0.5) is 0 Å². The summed E-state index contributed by atoms with van der Waals surface area (Å²) in [4.78, 5) is 31.9. The predicted octanol–water partition coefficient (Wildman–Crippen LogP) is 0.268. The Bertz CT molecular complexity index is 807. The molecular formula is C17H19N5O4. The van der Waals surface area contributed by atoms with Gasteiger partial charge in [-0.3, -0.25) is 14.3 Å². The number of aromatic nitrogens is 3. The van der Waals surface area contributed by atoms with Gasteiger partial charge in [-0.15, -0.1) is 0 Å². The number of rotatable bonds is 5. The summed E-state index contributed by atoms with van der Waals surface area (Å²) in [5.41, 5.74) is 0.980. The molecule has 0 aliphatic carbocycles. The summed E-state index contributed by atoms with van der Waals surface area (Å²) in [6.07, 6.45) is 3.31. The Morgan fingerprint density at radius 2 is 2.08 bits per heavy atom. The number of piperazine rings is 1. The molecule has 2 aliphatic heterocycles. The van der Waals surface area contributed by atoms with Gasteiger partial charge in [-0.25, -0.2) is 4.98 Å². The number of carbonyl (C=O) groups is 2. The van der Waals surface area contributed by atoms with Crippen LogP contribution in [0.15, 0.2) is 30.9 Å². The Balaban J connectivity index is 1.30. The molecule has 1 fully saturated rings. The van der Waals surface area contributed by atoms with Crippen LogP contribution in [0.25, 0.3) is 0 Å². The maximum atomic E-state index is 12.4. The van der Waals surface area contributed by atoms with Gasteiger partial charge in [0.25, 0.3) is 0 Å². The molecule has 26 heavy (non-hydrogen) atoms. The SMILES string of the molecule is O=C(CCn1cncn1)N1CCN(Cc2ccc3c(c2)OCO3)C(=O)C1. The Labute approximate surface area is 150 Å². The molecule has 0 atom stereocenters. The van der Waals surface area contributed by atoms with Gasteiger partial charge in [0.2, 0.25) is 18.6 Å². The van der Waals surface area contributed by atoms with Gasteiger partial charge in [0.15, 0.2) is 11.5 Å². The molecule has 0 bridgehead atoms. The summed E-state index contributed by atoms with van der Waals surface area (Å²) < 4.78 is 12.3. The first-order valence-electron chi connectivity index (χ1n) is 8.45. The van der Waals surface area contributed by atoms with E-state index < -0.39 is 0 Å². The minimum absolute atomic E-state index is 0.0448. The van der Waals surface area contributed by atoms with E-state index >= 15 is 0 Å². The number of amides is 2. The van der Waals surface area contributed by atoms with Crippen molar-refractivity contribution in [3.8, 4) is 11.5 Å². The van der Waals surface area contributed by atoms with E-state index in [1.807, 2.05) is 18.2 Å². The van der Waals surface area contributed by atoms with Crippen LogP contribution in [0.5, 0.6) is 11.5 Å². The van der Waals surface area contributed by atoms with Gasteiger partial charge >= 0.3 is 0 Å². The van der Waals surface area contributed by atoms with Crippen LogP contribution in [0.1, 0.15) is 12.0 Å². The molecule has 1 aromatic heterocycles. The summed E-state index contributed by atoms with van der Waals surface area (Å²) in [7, 11) is 0. The second-order valence-electron chi connectivity index (χ2n) is 6.23. The lowest BCUT2D eigenvalue weighted by Crippen LogP contribution is -2.51. The Morgan fingerprint density at radius 1 is 1.19 bits per heavy atom. The van der Waals surface area contributed by atoms with Crippen molar-refractivity contribution in [2.75, 3.05) is 26.4 Å². The van der Waals surface area contributed by atoms with Gasteiger partial charge in [-0.2, -0.15) is 5.10 Å². The lowest BCUT2D eigenvalue weighted by Gasteiger charge is -2.34. The van der Waals surface area contributed by atoms with Crippen LogP contribution >= 0.6 is 0 Å². The molecule has 0 saturated carbocycles. The van der Waals surface area contributed by atoms with Crippen molar-refractivity contribution >= 4 is 11.8 Å². The lowest BCUT2D eigenvalue weighted by atomic mass is 10.1. The molecule has 0 unspecified atom stereocenters. The van der Waals surface area contributed by atoms with E-state index in [4.69, 9.17) is 9.47 Å². The van der Waals surface area contributed by atoms with E-state index in [1.54, 1.807) is 20.8 Å². The van der Waals surface area contributed by atoms with Crippen LogP contribution in [0.2, 0.25) is 0 Å². The van der Waals surface area contributed by atoms with Crippen LogP contribution in [-0.4, -0.2) is 62.8 Å². The van der Waals surface area contributed by atoms with Crippen molar-refractivity contribution in [1.29, 1.82) is 0 Å². The molecule has 4 rings (SSSR count). The first-order chi connectivity index (χ1) is 12.7. The largest absolute Gasteiger partial charge is 0.454 e. The van der Waals surface area contributed by atoms with E-state index in [2.05, 4.69) is 10.1 Å². The topological polar surface area (TPSA) is 89.8 Å². The van der Waals surface area contributed by atoms with Crippen LogP contribution in [0.3, 0.4) is 0 Å². The number of hydrogen-bond acceptors (Lipinski definition) is 6. The van der Waals surface area contributed by atoms with Crippen molar-refractivity contribution in [2.45, 2.75) is 19.5 Å². The van der Waals surface area contributed by atoms with Crippen LogP contribution < -0.4 is 9.47 Å². The molecular weight excluding hydrogens is 338 g/mol. The minimum Gasteiger partial charge on any atom is -0.454 e. The highest BCUT2D eigenvalue weighted by atomic mass is 16.7. The third-order valence-corrected chi connectivity index (χ3v) is 4.50. The van der Waals surface area contributed by atoms with Crippen molar-refractivity contribution in [3.05, 3.63) is 36.4 Å². The standard InChI is InChI=1S/C17H19N5O4/c23-16(3-4-22-11-18-10-19-22)21-6-5-20(17(24)9-21)8-13-1-2-14-15(7-13)26-12-25-14/h1-2,7,10-11H,3-6,8-9,12H2. The minimum atomic E-state index is -0.0528. The van der Waals surface area contributed by atoms with Crippen LogP contribution in [0, 0.1) is 0 Å². The number of nitrogens with zero attached hydrogens (tertiary/aromatic N) is 5. The quantitative estimate of drug-likeness (QED) is 0.763. The molecule has 1 aromatic carbocycles. The van der Waals surface area contributed by atoms with Gasteiger partial charge in [0, 0.05) is 26.1 Å². The number of ether oxygens (including phenoxy) is 2. The highest BCUT2D eigenvalue weighted by molar-refractivity contribution is 5.86. The molecule has 0 spiro atoms. The zero-order valence-electron chi connectivity index (χ0n) is 14.2. The second kappa shape index (κ2) is 7.03.